The second-order valence-electron chi connectivity index (χ2n) is 4.85. The van der Waals surface area contributed by atoms with Crippen LogP contribution in [0, 0.1) is 11.3 Å². The van der Waals surface area contributed by atoms with Crippen molar-refractivity contribution in [1.29, 1.82) is 5.26 Å². The molecule has 0 amide bonds. The first-order valence-corrected chi connectivity index (χ1v) is 6.92. The van der Waals surface area contributed by atoms with Crippen LogP contribution in [0.3, 0.4) is 0 Å². The number of hydrogen-bond donors (Lipinski definition) is 0. The second-order valence-corrected chi connectivity index (χ2v) is 5.21. The number of pyridine rings is 1. The highest BCUT2D eigenvalue weighted by Gasteiger charge is 2.20. The Morgan fingerprint density at radius 1 is 1.45 bits per heavy atom. The molecular weight excluding hydrogens is 274 g/mol. The summed E-state index contributed by atoms with van der Waals surface area (Å²) in [5, 5.41) is 10.5. The van der Waals surface area contributed by atoms with E-state index in [1.165, 1.54) is 0 Å². The largest absolute Gasteiger partial charge is 0.361 e. The highest BCUT2D eigenvalue weighted by molar-refractivity contribution is 6.30. The lowest BCUT2D eigenvalue weighted by atomic mass is 10.1. The molecule has 0 bridgehead atoms. The molecule has 1 unspecified atom stereocenters. The Balaban J connectivity index is 1.83. The number of para-hydroxylation sites is 1. The standard InChI is InChI=1S/C15H14ClN3O/c16-15-12(7-11-3-1-2-4-14(11)18-15)9-19-5-6-20-13(8-17)10-19/h1-4,7,13H,5-6,9-10H2. The van der Waals surface area contributed by atoms with Crippen LogP contribution in [-0.2, 0) is 11.3 Å². The number of halogens is 1. The van der Waals surface area contributed by atoms with Crippen molar-refractivity contribution < 1.29 is 4.74 Å². The zero-order chi connectivity index (χ0) is 13.9. The van der Waals surface area contributed by atoms with E-state index in [0.29, 0.717) is 24.8 Å². The van der Waals surface area contributed by atoms with Crippen LogP contribution in [0.1, 0.15) is 5.56 Å². The number of hydrogen-bond acceptors (Lipinski definition) is 4. The minimum atomic E-state index is -0.351. The van der Waals surface area contributed by atoms with Gasteiger partial charge in [0, 0.05) is 30.6 Å². The van der Waals surface area contributed by atoms with Gasteiger partial charge in [0.2, 0.25) is 0 Å². The zero-order valence-corrected chi connectivity index (χ0v) is 11.7. The zero-order valence-electron chi connectivity index (χ0n) is 10.9. The van der Waals surface area contributed by atoms with E-state index in [4.69, 9.17) is 21.6 Å². The van der Waals surface area contributed by atoms with Gasteiger partial charge in [-0.2, -0.15) is 5.26 Å². The van der Waals surface area contributed by atoms with Crippen LogP contribution in [0.4, 0.5) is 0 Å². The molecule has 1 aromatic carbocycles. The summed E-state index contributed by atoms with van der Waals surface area (Å²) in [4.78, 5) is 6.60. The molecule has 0 spiro atoms. The Labute approximate surface area is 122 Å². The molecule has 1 fully saturated rings. The first-order chi connectivity index (χ1) is 9.76. The quantitative estimate of drug-likeness (QED) is 0.797. The molecule has 0 saturated carbocycles. The number of benzene rings is 1. The van der Waals surface area contributed by atoms with Crippen LogP contribution in [0.25, 0.3) is 10.9 Å². The van der Waals surface area contributed by atoms with Crippen molar-refractivity contribution in [2.24, 2.45) is 0 Å². The fraction of sp³-hybridized carbons (Fsp3) is 0.333. The second kappa shape index (κ2) is 5.76. The van der Waals surface area contributed by atoms with Gasteiger partial charge in [0.25, 0.3) is 0 Å². The van der Waals surface area contributed by atoms with Crippen molar-refractivity contribution in [1.82, 2.24) is 9.88 Å². The molecule has 1 aliphatic heterocycles. The molecule has 3 rings (SSSR count). The summed E-state index contributed by atoms with van der Waals surface area (Å²) in [6.45, 7) is 2.69. The molecule has 1 aliphatic rings. The van der Waals surface area contributed by atoms with Crippen LogP contribution in [0.5, 0.6) is 0 Å². The molecule has 1 aromatic heterocycles. The van der Waals surface area contributed by atoms with Crippen LogP contribution in [0.2, 0.25) is 5.15 Å². The minimum absolute atomic E-state index is 0.351. The van der Waals surface area contributed by atoms with E-state index in [-0.39, 0.29) is 6.10 Å². The van der Waals surface area contributed by atoms with E-state index in [0.717, 1.165) is 23.0 Å². The molecule has 0 N–H and O–H groups in total. The van der Waals surface area contributed by atoms with Crippen LogP contribution in [0.15, 0.2) is 30.3 Å². The number of rotatable bonds is 2. The monoisotopic (exact) mass is 287 g/mol. The summed E-state index contributed by atoms with van der Waals surface area (Å²) in [5.74, 6) is 0. The van der Waals surface area contributed by atoms with Crippen molar-refractivity contribution in [3.05, 3.63) is 41.0 Å². The highest BCUT2D eigenvalue weighted by Crippen LogP contribution is 2.22. The average molecular weight is 288 g/mol. The highest BCUT2D eigenvalue weighted by atomic mass is 35.5. The third-order valence-electron chi connectivity index (χ3n) is 3.44. The van der Waals surface area contributed by atoms with Crippen molar-refractivity contribution in [2.45, 2.75) is 12.6 Å². The van der Waals surface area contributed by atoms with Gasteiger partial charge in [-0.15, -0.1) is 0 Å². The van der Waals surface area contributed by atoms with E-state index in [9.17, 15) is 0 Å². The van der Waals surface area contributed by atoms with E-state index < -0.39 is 0 Å². The summed E-state index contributed by atoms with van der Waals surface area (Å²) >= 11 is 6.26. The number of aromatic nitrogens is 1. The van der Waals surface area contributed by atoms with Gasteiger partial charge in [-0.25, -0.2) is 4.98 Å². The summed E-state index contributed by atoms with van der Waals surface area (Å²) in [6, 6.07) is 12.1. The maximum Gasteiger partial charge on any atom is 0.156 e. The lowest BCUT2D eigenvalue weighted by Gasteiger charge is -2.29. The average Bonchev–Trinajstić information content (AvgIpc) is 2.48. The third-order valence-corrected chi connectivity index (χ3v) is 3.77. The minimum Gasteiger partial charge on any atom is -0.361 e. The number of fused-ring (bicyclic) bond motifs is 1. The van der Waals surface area contributed by atoms with E-state index >= 15 is 0 Å². The number of nitrogens with zero attached hydrogens (tertiary/aromatic N) is 3. The van der Waals surface area contributed by atoms with Crippen molar-refractivity contribution in [2.75, 3.05) is 19.7 Å². The van der Waals surface area contributed by atoms with Gasteiger partial charge in [-0.3, -0.25) is 4.90 Å². The Morgan fingerprint density at radius 3 is 3.15 bits per heavy atom. The molecule has 0 aliphatic carbocycles. The predicted molar refractivity (Wildman–Crippen MR) is 77.4 cm³/mol. The molecule has 2 aromatic rings. The Bertz CT molecular complexity index is 668. The van der Waals surface area contributed by atoms with Gasteiger partial charge < -0.3 is 4.74 Å². The topological polar surface area (TPSA) is 49.2 Å². The molecule has 4 nitrogen and oxygen atoms in total. The van der Waals surface area contributed by atoms with Gasteiger partial charge in [0.1, 0.15) is 5.15 Å². The van der Waals surface area contributed by atoms with Gasteiger partial charge in [0.05, 0.1) is 18.2 Å². The summed E-state index contributed by atoms with van der Waals surface area (Å²) in [7, 11) is 0. The predicted octanol–water partition coefficient (Wildman–Crippen LogP) is 2.61. The Kier molecular flexibility index (Phi) is 3.83. The van der Waals surface area contributed by atoms with Crippen molar-refractivity contribution in [3.63, 3.8) is 0 Å². The SMILES string of the molecule is N#CC1CN(Cc2cc3ccccc3nc2Cl)CCO1. The van der Waals surface area contributed by atoms with Crippen LogP contribution < -0.4 is 0 Å². The lowest BCUT2D eigenvalue weighted by molar-refractivity contribution is -0.00270. The number of nitriles is 1. The van der Waals surface area contributed by atoms with Gasteiger partial charge in [-0.1, -0.05) is 29.8 Å². The molecule has 1 saturated heterocycles. The number of morpholine rings is 1. The summed E-state index contributed by atoms with van der Waals surface area (Å²) in [5.41, 5.74) is 1.89. The maximum absolute atomic E-state index is 8.93. The summed E-state index contributed by atoms with van der Waals surface area (Å²) in [6.07, 6.45) is -0.351. The Hall–Kier alpha value is -1.67. The summed E-state index contributed by atoms with van der Waals surface area (Å²) < 4.78 is 5.34. The number of ether oxygens (including phenoxy) is 1. The van der Waals surface area contributed by atoms with Crippen LogP contribution in [-0.4, -0.2) is 35.7 Å². The first-order valence-electron chi connectivity index (χ1n) is 6.54. The molecular formula is C15H14ClN3O. The fourth-order valence-electron chi connectivity index (χ4n) is 2.41. The van der Waals surface area contributed by atoms with Crippen molar-refractivity contribution >= 4 is 22.5 Å². The normalized spacial score (nSPS) is 19.9. The van der Waals surface area contributed by atoms with E-state index in [1.807, 2.05) is 24.3 Å². The Morgan fingerprint density at radius 2 is 2.30 bits per heavy atom. The fourth-order valence-corrected chi connectivity index (χ4v) is 2.62. The molecule has 0 radical (unpaired) electrons. The van der Waals surface area contributed by atoms with E-state index in [2.05, 4.69) is 22.0 Å². The smallest absolute Gasteiger partial charge is 0.156 e. The van der Waals surface area contributed by atoms with Crippen molar-refractivity contribution in [3.8, 4) is 6.07 Å². The molecule has 2 heterocycles. The third kappa shape index (κ3) is 2.75. The molecule has 5 heteroatoms. The maximum atomic E-state index is 8.93. The van der Waals surface area contributed by atoms with E-state index in [1.54, 1.807) is 0 Å². The molecule has 102 valence electrons. The molecule has 20 heavy (non-hydrogen) atoms. The van der Waals surface area contributed by atoms with Gasteiger partial charge >= 0.3 is 0 Å². The first kappa shape index (κ1) is 13.3. The van der Waals surface area contributed by atoms with Gasteiger partial charge in [0.15, 0.2) is 6.10 Å². The van der Waals surface area contributed by atoms with Gasteiger partial charge in [-0.05, 0) is 12.1 Å². The van der Waals surface area contributed by atoms with Crippen LogP contribution >= 0.6 is 11.6 Å². The lowest BCUT2D eigenvalue weighted by Crippen LogP contribution is -2.41. The molecule has 1 atom stereocenters.